The number of benzene rings is 1. The van der Waals surface area contributed by atoms with Crippen LogP contribution in [0.3, 0.4) is 0 Å². The number of furan rings is 1. The summed E-state index contributed by atoms with van der Waals surface area (Å²) in [6.45, 7) is 2.15. The molecule has 1 aromatic heterocycles. The molecule has 0 bridgehead atoms. The van der Waals surface area contributed by atoms with Gasteiger partial charge in [-0.3, -0.25) is 4.79 Å². The van der Waals surface area contributed by atoms with Gasteiger partial charge < -0.3 is 9.73 Å². The van der Waals surface area contributed by atoms with Crippen molar-refractivity contribution in [3.63, 3.8) is 0 Å². The Kier molecular flexibility index (Phi) is 1.46. The average Bonchev–Trinajstić information content (AvgIpc) is 2.71. The molecule has 2 aromatic rings. The van der Waals surface area contributed by atoms with Crippen molar-refractivity contribution in [2.45, 2.75) is 13.5 Å². The lowest BCUT2D eigenvalue weighted by Crippen LogP contribution is -2.13. The van der Waals surface area contributed by atoms with Crippen LogP contribution < -0.4 is 5.32 Å². The van der Waals surface area contributed by atoms with Gasteiger partial charge in [-0.15, -0.1) is 0 Å². The van der Waals surface area contributed by atoms with E-state index in [1.54, 1.807) is 19.1 Å². The van der Waals surface area contributed by atoms with Gasteiger partial charge >= 0.3 is 0 Å². The van der Waals surface area contributed by atoms with Gasteiger partial charge in [0, 0.05) is 11.9 Å². The number of carbonyl (C=O) groups excluding carboxylic acids is 1. The zero-order valence-electron chi connectivity index (χ0n) is 8.06. The van der Waals surface area contributed by atoms with Gasteiger partial charge in [0.15, 0.2) is 11.4 Å². The second-order valence-corrected chi connectivity index (χ2v) is 3.68. The van der Waals surface area contributed by atoms with E-state index < -0.39 is 5.82 Å². The molecule has 2 heterocycles. The highest BCUT2D eigenvalue weighted by Crippen LogP contribution is 2.29. The van der Waals surface area contributed by atoms with Crippen LogP contribution in [0.25, 0.3) is 11.0 Å². The van der Waals surface area contributed by atoms with E-state index in [2.05, 4.69) is 5.32 Å². The first-order valence-electron chi connectivity index (χ1n) is 4.66. The molecule has 3 rings (SSSR count). The van der Waals surface area contributed by atoms with E-state index in [4.69, 9.17) is 4.42 Å². The fourth-order valence-corrected chi connectivity index (χ4v) is 1.98. The number of hydrogen-bond acceptors (Lipinski definition) is 2. The van der Waals surface area contributed by atoms with Gasteiger partial charge in [0.2, 0.25) is 0 Å². The molecule has 1 aliphatic rings. The highest BCUT2D eigenvalue weighted by molar-refractivity contribution is 6.02. The lowest BCUT2D eigenvalue weighted by Gasteiger charge is -1.98. The van der Waals surface area contributed by atoms with Crippen molar-refractivity contribution in [3.8, 4) is 0 Å². The first-order chi connectivity index (χ1) is 7.16. The van der Waals surface area contributed by atoms with Gasteiger partial charge in [-0.25, -0.2) is 4.39 Å². The number of rotatable bonds is 0. The third kappa shape index (κ3) is 1.02. The second kappa shape index (κ2) is 2.59. The van der Waals surface area contributed by atoms with Crippen LogP contribution in [0.4, 0.5) is 4.39 Å². The highest BCUT2D eigenvalue weighted by atomic mass is 19.1. The maximum Gasteiger partial charge on any atom is 0.255 e. The largest absolute Gasteiger partial charge is 0.458 e. The van der Waals surface area contributed by atoms with Crippen molar-refractivity contribution in [2.24, 2.45) is 0 Å². The lowest BCUT2D eigenvalue weighted by molar-refractivity contribution is 0.0962. The molecule has 1 amide bonds. The first kappa shape index (κ1) is 8.47. The molecule has 76 valence electrons. The molecule has 0 spiro atoms. The predicted octanol–water partition coefficient (Wildman–Crippen LogP) is 2.12. The third-order valence-electron chi connectivity index (χ3n) is 2.62. The van der Waals surface area contributed by atoms with Crippen LogP contribution in [-0.4, -0.2) is 5.91 Å². The van der Waals surface area contributed by atoms with E-state index in [0.717, 1.165) is 0 Å². The van der Waals surface area contributed by atoms with E-state index in [1.165, 1.54) is 0 Å². The maximum atomic E-state index is 13.9. The minimum Gasteiger partial charge on any atom is -0.458 e. The Labute approximate surface area is 84.9 Å². The zero-order valence-corrected chi connectivity index (χ0v) is 8.06. The molecule has 0 fully saturated rings. The van der Waals surface area contributed by atoms with E-state index in [0.29, 0.717) is 23.3 Å². The quantitative estimate of drug-likeness (QED) is 0.715. The summed E-state index contributed by atoms with van der Waals surface area (Å²) in [6, 6.07) is 3.56. The summed E-state index contributed by atoms with van der Waals surface area (Å²) in [6.07, 6.45) is 0. The lowest BCUT2D eigenvalue weighted by atomic mass is 10.1. The number of carbonyl (C=O) groups is 1. The summed E-state index contributed by atoms with van der Waals surface area (Å²) >= 11 is 0. The second-order valence-electron chi connectivity index (χ2n) is 3.68. The summed E-state index contributed by atoms with van der Waals surface area (Å²) < 4.78 is 19.1. The molecule has 1 N–H and O–H groups in total. The number of halogens is 1. The van der Waals surface area contributed by atoms with Crippen LogP contribution in [0, 0.1) is 12.7 Å². The van der Waals surface area contributed by atoms with Crippen LogP contribution in [0.5, 0.6) is 0 Å². The molecule has 0 radical (unpaired) electrons. The van der Waals surface area contributed by atoms with E-state index in [-0.39, 0.29) is 17.1 Å². The molecule has 4 heteroatoms. The van der Waals surface area contributed by atoms with E-state index >= 15 is 0 Å². The van der Waals surface area contributed by atoms with Crippen LogP contribution in [0.1, 0.15) is 21.7 Å². The fourth-order valence-electron chi connectivity index (χ4n) is 1.98. The molecule has 0 saturated heterocycles. The molecule has 0 atom stereocenters. The van der Waals surface area contributed by atoms with Gasteiger partial charge in [0.1, 0.15) is 5.76 Å². The normalized spacial score (nSPS) is 14.4. The zero-order chi connectivity index (χ0) is 10.6. The Bertz CT molecular complexity index is 586. The van der Waals surface area contributed by atoms with Crippen LogP contribution >= 0.6 is 0 Å². The number of amides is 1. The van der Waals surface area contributed by atoms with Gasteiger partial charge in [-0.1, -0.05) is 0 Å². The minimum absolute atomic E-state index is 0.122. The number of hydrogen-bond donors (Lipinski definition) is 1. The standard InChI is InChI=1S/C11H8FNO2/c1-5-2-6-3-7-4-13-11(14)8(7)9(12)10(6)15-5/h2-3H,4H2,1H3,(H,13,14). The SMILES string of the molecule is Cc1cc2cc3c(c(F)c2o1)C(=O)NC3. The number of fused-ring (bicyclic) bond motifs is 2. The molecule has 15 heavy (non-hydrogen) atoms. The Morgan fingerprint density at radius 1 is 1.47 bits per heavy atom. The summed E-state index contributed by atoms with van der Waals surface area (Å²) in [7, 11) is 0. The summed E-state index contributed by atoms with van der Waals surface area (Å²) in [5, 5.41) is 3.29. The van der Waals surface area contributed by atoms with Gasteiger partial charge in [0.05, 0.1) is 5.56 Å². The fraction of sp³-hybridized carbons (Fsp3) is 0.182. The van der Waals surface area contributed by atoms with E-state index in [1.807, 2.05) is 0 Å². The Balaban J connectivity index is 2.45. The molecule has 0 saturated carbocycles. The summed E-state index contributed by atoms with van der Waals surface area (Å²) in [4.78, 5) is 11.3. The number of nitrogens with one attached hydrogen (secondary N) is 1. The van der Waals surface area contributed by atoms with Crippen molar-refractivity contribution < 1.29 is 13.6 Å². The van der Waals surface area contributed by atoms with Crippen molar-refractivity contribution in [2.75, 3.05) is 0 Å². The Hall–Kier alpha value is -1.84. The molecular formula is C11H8FNO2. The van der Waals surface area contributed by atoms with Crippen LogP contribution in [-0.2, 0) is 6.54 Å². The van der Waals surface area contributed by atoms with Crippen molar-refractivity contribution in [3.05, 3.63) is 34.8 Å². The summed E-state index contributed by atoms with van der Waals surface area (Å²) in [5.74, 6) is -0.267. The monoisotopic (exact) mass is 205 g/mol. The maximum absolute atomic E-state index is 13.9. The predicted molar refractivity (Wildman–Crippen MR) is 52.1 cm³/mol. The smallest absolute Gasteiger partial charge is 0.255 e. The first-order valence-corrected chi connectivity index (χ1v) is 4.66. The van der Waals surface area contributed by atoms with Gasteiger partial charge in [-0.05, 0) is 24.6 Å². The van der Waals surface area contributed by atoms with Crippen LogP contribution in [0.15, 0.2) is 16.5 Å². The van der Waals surface area contributed by atoms with Crippen molar-refractivity contribution >= 4 is 16.9 Å². The molecule has 0 aliphatic carbocycles. The molecule has 1 aromatic carbocycles. The highest BCUT2D eigenvalue weighted by Gasteiger charge is 2.26. The average molecular weight is 205 g/mol. The molecule has 3 nitrogen and oxygen atoms in total. The van der Waals surface area contributed by atoms with Crippen molar-refractivity contribution in [1.29, 1.82) is 0 Å². The topological polar surface area (TPSA) is 42.2 Å². The molecule has 0 unspecified atom stereocenters. The Morgan fingerprint density at radius 3 is 3.07 bits per heavy atom. The Morgan fingerprint density at radius 2 is 2.27 bits per heavy atom. The van der Waals surface area contributed by atoms with Crippen LogP contribution in [0.2, 0.25) is 0 Å². The number of aryl methyl sites for hydroxylation is 1. The third-order valence-corrected chi connectivity index (χ3v) is 2.62. The van der Waals surface area contributed by atoms with E-state index in [9.17, 15) is 9.18 Å². The molecular weight excluding hydrogens is 197 g/mol. The summed E-state index contributed by atoms with van der Waals surface area (Å²) in [5.41, 5.74) is 0.992. The van der Waals surface area contributed by atoms with Gasteiger partial charge in [-0.2, -0.15) is 0 Å². The van der Waals surface area contributed by atoms with Gasteiger partial charge in [0.25, 0.3) is 5.91 Å². The van der Waals surface area contributed by atoms with Crippen molar-refractivity contribution in [1.82, 2.24) is 5.32 Å². The minimum atomic E-state index is -0.550. The molecule has 1 aliphatic heterocycles.